The van der Waals surface area contributed by atoms with Crippen molar-refractivity contribution in [1.29, 1.82) is 0 Å². The summed E-state index contributed by atoms with van der Waals surface area (Å²) in [6.07, 6.45) is 10.5. The molecule has 0 bridgehead atoms. The molecule has 0 radical (unpaired) electrons. The lowest BCUT2D eigenvalue weighted by atomic mass is 9.91. The Kier molecular flexibility index (Phi) is 7.64. The van der Waals surface area contributed by atoms with E-state index in [4.69, 9.17) is 9.97 Å². The smallest absolute Gasteiger partial charge is 0.160 e. The van der Waals surface area contributed by atoms with Gasteiger partial charge in [-0.15, -0.1) is 0 Å². The molecular weight excluding hydrogens is 607 g/mol. The Bertz CT molecular complexity index is 2560. The van der Waals surface area contributed by atoms with Crippen molar-refractivity contribution < 1.29 is 0 Å². The van der Waals surface area contributed by atoms with Crippen LogP contribution in [0.5, 0.6) is 0 Å². The van der Waals surface area contributed by atoms with Gasteiger partial charge in [0.2, 0.25) is 0 Å². The maximum atomic E-state index is 5.20. The highest BCUT2D eigenvalue weighted by Gasteiger charge is 2.16. The van der Waals surface area contributed by atoms with Crippen LogP contribution < -0.4 is 0 Å². The molecule has 0 spiro atoms. The van der Waals surface area contributed by atoms with Gasteiger partial charge in [-0.3, -0.25) is 4.98 Å². The molecule has 0 aliphatic heterocycles. The summed E-state index contributed by atoms with van der Waals surface area (Å²) in [7, 11) is 0. The summed E-state index contributed by atoms with van der Waals surface area (Å²) in [6.45, 7) is 0. The van der Waals surface area contributed by atoms with Crippen LogP contribution in [0.3, 0.4) is 0 Å². The third-order valence-electron chi connectivity index (χ3n) is 9.66. The molecule has 0 amide bonds. The molecule has 236 valence electrons. The van der Waals surface area contributed by atoms with Crippen LogP contribution in [0, 0.1) is 0 Å². The summed E-state index contributed by atoms with van der Waals surface area (Å²) in [5, 5.41) is 4.85. The molecule has 1 aliphatic rings. The van der Waals surface area contributed by atoms with E-state index in [-0.39, 0.29) is 0 Å². The predicted molar refractivity (Wildman–Crippen MR) is 208 cm³/mol. The van der Waals surface area contributed by atoms with Crippen molar-refractivity contribution in [1.82, 2.24) is 15.0 Å². The quantitative estimate of drug-likeness (QED) is 0.182. The Morgan fingerprint density at radius 1 is 0.440 bits per heavy atom. The lowest BCUT2D eigenvalue weighted by molar-refractivity contribution is 1.05. The predicted octanol–water partition coefficient (Wildman–Crippen LogP) is 12.1. The van der Waals surface area contributed by atoms with Gasteiger partial charge in [-0.05, 0) is 80.6 Å². The second-order valence-corrected chi connectivity index (χ2v) is 12.8. The third kappa shape index (κ3) is 5.80. The fraction of sp³-hybridized carbons (Fsp3) is 0.0426. The molecule has 8 aromatic rings. The second kappa shape index (κ2) is 12.9. The first-order valence-electron chi connectivity index (χ1n) is 17.1. The van der Waals surface area contributed by atoms with Crippen molar-refractivity contribution in [2.24, 2.45) is 0 Å². The standard InChI is InChI=1S/C47H33N3/c1-2-9-32(10-3-1)34-17-24-37(25-18-34)47-49-45(36-22-20-35(21-23-36)44-31-48-30-42-13-6-7-16-43(42)44)29-46(50-47)41-15-8-14-39(28-41)40-26-19-33-11-4-5-12-38(33)27-40/h1-7,9-13,15-31H,8,14H2. The number of rotatable bonds is 6. The van der Waals surface area contributed by atoms with Crippen molar-refractivity contribution >= 4 is 32.7 Å². The number of benzene rings is 6. The van der Waals surface area contributed by atoms with Crippen LogP contribution in [0.25, 0.3) is 77.6 Å². The SMILES string of the molecule is C1=C(c2ccc3ccccc3c2)CCC=C1c1cc(-c2ccc(-c3cncc4ccccc34)cc2)nc(-c2ccc(-c3ccccc3)cc2)n1. The molecule has 0 N–H and O–H groups in total. The van der Waals surface area contributed by atoms with Gasteiger partial charge in [0.15, 0.2) is 5.82 Å². The number of fused-ring (bicyclic) bond motifs is 2. The van der Waals surface area contributed by atoms with E-state index < -0.39 is 0 Å². The van der Waals surface area contributed by atoms with Crippen LogP contribution in [-0.4, -0.2) is 15.0 Å². The van der Waals surface area contributed by atoms with Gasteiger partial charge in [-0.25, -0.2) is 9.97 Å². The minimum Gasteiger partial charge on any atom is -0.263 e. The number of hydrogen-bond acceptors (Lipinski definition) is 3. The summed E-state index contributed by atoms with van der Waals surface area (Å²) in [4.78, 5) is 14.9. The molecule has 50 heavy (non-hydrogen) atoms. The zero-order valence-corrected chi connectivity index (χ0v) is 27.5. The molecule has 0 saturated carbocycles. The second-order valence-electron chi connectivity index (χ2n) is 12.8. The van der Waals surface area contributed by atoms with Gasteiger partial charge in [-0.1, -0.05) is 146 Å². The Morgan fingerprint density at radius 2 is 1.08 bits per heavy atom. The van der Waals surface area contributed by atoms with Gasteiger partial charge < -0.3 is 0 Å². The first kappa shape index (κ1) is 29.7. The minimum atomic E-state index is 0.714. The molecule has 0 fully saturated rings. The molecular formula is C47H33N3. The topological polar surface area (TPSA) is 38.7 Å². The molecule has 0 unspecified atom stereocenters. The number of allylic oxidation sites excluding steroid dienone is 4. The van der Waals surface area contributed by atoms with Crippen LogP contribution in [0.4, 0.5) is 0 Å². The first-order valence-corrected chi connectivity index (χ1v) is 17.1. The Labute approximate surface area is 292 Å². The molecule has 9 rings (SSSR count). The van der Waals surface area contributed by atoms with Gasteiger partial charge >= 0.3 is 0 Å². The highest BCUT2D eigenvalue weighted by atomic mass is 14.9. The normalized spacial score (nSPS) is 12.9. The van der Waals surface area contributed by atoms with Gasteiger partial charge in [0, 0.05) is 34.5 Å². The number of nitrogens with zero attached hydrogens (tertiary/aromatic N) is 3. The lowest BCUT2D eigenvalue weighted by Crippen LogP contribution is -2.00. The summed E-state index contributed by atoms with van der Waals surface area (Å²) < 4.78 is 0. The van der Waals surface area contributed by atoms with Gasteiger partial charge in [-0.2, -0.15) is 0 Å². The average molecular weight is 640 g/mol. The van der Waals surface area contributed by atoms with Gasteiger partial charge in [0.05, 0.1) is 11.4 Å². The number of aromatic nitrogens is 3. The number of hydrogen-bond donors (Lipinski definition) is 0. The highest BCUT2D eigenvalue weighted by Crippen LogP contribution is 2.35. The van der Waals surface area contributed by atoms with Crippen molar-refractivity contribution in [2.75, 3.05) is 0 Å². The van der Waals surface area contributed by atoms with E-state index in [2.05, 4.69) is 163 Å². The fourth-order valence-corrected chi connectivity index (χ4v) is 6.98. The van der Waals surface area contributed by atoms with Crippen LogP contribution in [0.15, 0.2) is 176 Å². The Balaban J connectivity index is 1.12. The molecule has 0 saturated heterocycles. The van der Waals surface area contributed by atoms with E-state index in [1.54, 1.807) is 0 Å². The Morgan fingerprint density at radius 3 is 1.92 bits per heavy atom. The zero-order chi connectivity index (χ0) is 33.3. The summed E-state index contributed by atoms with van der Waals surface area (Å²) in [5.41, 5.74) is 12.2. The molecule has 6 aromatic carbocycles. The van der Waals surface area contributed by atoms with E-state index in [9.17, 15) is 0 Å². The van der Waals surface area contributed by atoms with Crippen molar-refractivity contribution in [2.45, 2.75) is 12.8 Å². The molecule has 3 heteroatoms. The number of pyridine rings is 1. The molecule has 3 nitrogen and oxygen atoms in total. The lowest BCUT2D eigenvalue weighted by Gasteiger charge is -2.16. The largest absolute Gasteiger partial charge is 0.263 e. The van der Waals surface area contributed by atoms with Crippen LogP contribution >= 0.6 is 0 Å². The van der Waals surface area contributed by atoms with E-state index in [0.29, 0.717) is 5.82 Å². The van der Waals surface area contributed by atoms with Gasteiger partial charge in [0.25, 0.3) is 0 Å². The van der Waals surface area contributed by atoms with E-state index in [1.165, 1.54) is 38.4 Å². The minimum absolute atomic E-state index is 0.714. The van der Waals surface area contributed by atoms with Crippen LogP contribution in [-0.2, 0) is 0 Å². The maximum Gasteiger partial charge on any atom is 0.160 e. The zero-order valence-electron chi connectivity index (χ0n) is 27.5. The molecule has 1 aliphatic carbocycles. The monoisotopic (exact) mass is 639 g/mol. The van der Waals surface area contributed by atoms with E-state index in [1.807, 2.05) is 18.5 Å². The fourth-order valence-electron chi connectivity index (χ4n) is 6.98. The van der Waals surface area contributed by atoms with Crippen molar-refractivity contribution in [3.8, 4) is 44.9 Å². The first-order chi connectivity index (χ1) is 24.7. The average Bonchev–Trinajstić information content (AvgIpc) is 3.21. The summed E-state index contributed by atoms with van der Waals surface area (Å²) in [6, 6.07) is 53.6. The van der Waals surface area contributed by atoms with Crippen molar-refractivity contribution in [3.63, 3.8) is 0 Å². The molecule has 0 atom stereocenters. The molecule has 2 aromatic heterocycles. The van der Waals surface area contributed by atoms with Gasteiger partial charge in [0.1, 0.15) is 0 Å². The summed E-state index contributed by atoms with van der Waals surface area (Å²) >= 11 is 0. The molecule has 2 heterocycles. The van der Waals surface area contributed by atoms with Crippen molar-refractivity contribution in [3.05, 3.63) is 187 Å². The van der Waals surface area contributed by atoms with E-state index in [0.717, 1.165) is 57.4 Å². The van der Waals surface area contributed by atoms with E-state index >= 15 is 0 Å². The maximum absolute atomic E-state index is 5.20. The third-order valence-corrected chi connectivity index (χ3v) is 9.66. The summed E-state index contributed by atoms with van der Waals surface area (Å²) in [5.74, 6) is 0.714. The Hall–Kier alpha value is -6.45. The highest BCUT2D eigenvalue weighted by molar-refractivity contribution is 5.96. The van der Waals surface area contributed by atoms with Crippen LogP contribution in [0.2, 0.25) is 0 Å². The van der Waals surface area contributed by atoms with Crippen LogP contribution in [0.1, 0.15) is 24.1 Å².